The Labute approximate surface area is 165 Å². The van der Waals surface area contributed by atoms with Crippen molar-refractivity contribution < 1.29 is 25.5 Å². The zero-order valence-corrected chi connectivity index (χ0v) is 16.2. The van der Waals surface area contributed by atoms with Crippen LogP contribution < -0.4 is 5.73 Å². The lowest BCUT2D eigenvalue weighted by atomic mass is 9.90. The highest BCUT2D eigenvalue weighted by atomic mass is 32.3. The van der Waals surface area contributed by atoms with E-state index in [4.69, 9.17) is 5.73 Å². The molecule has 0 aliphatic rings. The number of pyridine rings is 1. The van der Waals surface area contributed by atoms with Crippen LogP contribution in [-0.4, -0.2) is 13.4 Å². The number of nitrogens with two attached hydrogens (primary N) is 1. The first-order valence-electron chi connectivity index (χ1n) is 8.37. The first-order valence-corrected chi connectivity index (χ1v) is 9.75. The quantitative estimate of drug-likeness (QED) is 0.458. The number of halogens is 4. The molecule has 3 aromatic rings. The van der Waals surface area contributed by atoms with E-state index in [-0.39, 0.29) is 22.5 Å². The molecule has 1 heterocycles. The van der Waals surface area contributed by atoms with Gasteiger partial charge in [-0.25, -0.2) is 4.98 Å². The summed E-state index contributed by atoms with van der Waals surface area (Å²) in [5.41, 5.74) is 6.65. The molecule has 152 valence electrons. The second kappa shape index (κ2) is 7.14. The molecule has 0 unspecified atom stereocenters. The Kier molecular flexibility index (Phi) is 5.12. The minimum absolute atomic E-state index is 0.0357. The Balaban J connectivity index is 2.39. The minimum atomic E-state index is -5.03. The zero-order chi connectivity index (χ0) is 21.6. The van der Waals surface area contributed by atoms with Gasteiger partial charge < -0.3 is 5.73 Å². The summed E-state index contributed by atoms with van der Waals surface area (Å²) in [7, 11) is -5.03. The molecule has 2 aromatic carbocycles. The van der Waals surface area contributed by atoms with E-state index in [1.807, 2.05) is 0 Å². The van der Waals surface area contributed by atoms with E-state index < -0.39 is 26.9 Å². The molecule has 0 atom stereocenters. The highest BCUT2D eigenvalue weighted by molar-refractivity contribution is 7.86. The van der Waals surface area contributed by atoms with Crippen LogP contribution in [-0.2, 0) is 16.4 Å². The number of nitrogen functional groups attached to an aromatic ring is 1. The topological polar surface area (TPSA) is 73.0 Å². The molecule has 4 nitrogen and oxygen atoms in total. The number of hydrogen-bond donors (Lipinski definition) is 1. The molecule has 0 aliphatic carbocycles. The molecule has 0 saturated carbocycles. The zero-order valence-electron chi connectivity index (χ0n) is 15.4. The third-order valence-corrected chi connectivity index (χ3v) is 5.26. The van der Waals surface area contributed by atoms with Gasteiger partial charge in [0.15, 0.2) is 0 Å². The van der Waals surface area contributed by atoms with E-state index in [1.54, 1.807) is 13.0 Å². The normalized spacial score (nSPS) is 12.2. The molecule has 0 bridgehead atoms. The smallest absolute Gasteiger partial charge is 0.383 e. The summed E-state index contributed by atoms with van der Waals surface area (Å²) in [5.74, 6) is 0.102. The van der Waals surface area contributed by atoms with Gasteiger partial charge in [-0.05, 0) is 65.9 Å². The molecule has 2 N–H and O–H groups in total. The number of nitrogens with zero attached hydrogens (tertiary/aromatic N) is 1. The Bertz CT molecular complexity index is 1210. The third-order valence-electron chi connectivity index (χ3n) is 4.44. The number of anilines is 1. The van der Waals surface area contributed by atoms with Gasteiger partial charge in [-0.2, -0.15) is 21.6 Å². The maximum atomic E-state index is 13.5. The van der Waals surface area contributed by atoms with Crippen molar-refractivity contribution in [3.63, 3.8) is 0 Å². The van der Waals surface area contributed by atoms with Gasteiger partial charge in [0, 0.05) is 11.8 Å². The second-order valence-electron chi connectivity index (χ2n) is 6.62. The number of alkyl halides is 3. The molecule has 29 heavy (non-hydrogen) atoms. The molecular weight excluding hydrogens is 408 g/mol. The van der Waals surface area contributed by atoms with Crippen LogP contribution >= 0.6 is 0 Å². The lowest BCUT2D eigenvalue weighted by Crippen LogP contribution is -2.09. The lowest BCUT2D eigenvalue weighted by molar-refractivity contribution is -0.138. The van der Waals surface area contributed by atoms with Crippen molar-refractivity contribution in [2.75, 3.05) is 5.73 Å². The van der Waals surface area contributed by atoms with Crippen molar-refractivity contribution in [1.82, 2.24) is 4.98 Å². The number of hydrogen-bond acceptors (Lipinski definition) is 4. The van der Waals surface area contributed by atoms with Gasteiger partial charge in [-0.1, -0.05) is 18.2 Å². The van der Waals surface area contributed by atoms with Gasteiger partial charge in [0.05, 0.1) is 10.5 Å². The van der Waals surface area contributed by atoms with Gasteiger partial charge >= 0.3 is 16.4 Å². The van der Waals surface area contributed by atoms with Crippen molar-refractivity contribution in [1.29, 1.82) is 0 Å². The van der Waals surface area contributed by atoms with E-state index in [2.05, 4.69) is 4.98 Å². The molecular formula is C20H16F4N2O2S. The van der Waals surface area contributed by atoms with Crippen LogP contribution in [0, 0.1) is 13.8 Å². The highest BCUT2D eigenvalue weighted by Crippen LogP contribution is 2.41. The summed E-state index contributed by atoms with van der Waals surface area (Å²) >= 11 is 0. The van der Waals surface area contributed by atoms with E-state index in [0.29, 0.717) is 11.1 Å². The monoisotopic (exact) mass is 424 g/mol. The van der Waals surface area contributed by atoms with Crippen LogP contribution in [0.4, 0.5) is 22.9 Å². The summed E-state index contributed by atoms with van der Waals surface area (Å²) in [6, 6.07) is 8.59. The Morgan fingerprint density at radius 2 is 1.66 bits per heavy atom. The van der Waals surface area contributed by atoms with Crippen molar-refractivity contribution in [3.8, 4) is 22.3 Å². The maximum Gasteiger partial charge on any atom is 0.416 e. The second-order valence-corrected chi connectivity index (χ2v) is 7.97. The average Bonchev–Trinajstić information content (AvgIpc) is 2.62. The maximum absolute atomic E-state index is 13.5. The summed E-state index contributed by atoms with van der Waals surface area (Å²) in [6.45, 7) is 3.07. The number of rotatable bonds is 3. The largest absolute Gasteiger partial charge is 0.416 e. The fourth-order valence-electron chi connectivity index (χ4n) is 3.09. The molecule has 0 aliphatic heterocycles. The predicted molar refractivity (Wildman–Crippen MR) is 102 cm³/mol. The fourth-order valence-corrected chi connectivity index (χ4v) is 3.59. The summed E-state index contributed by atoms with van der Waals surface area (Å²) < 4.78 is 76.5. The molecule has 1 aromatic heterocycles. The highest BCUT2D eigenvalue weighted by Gasteiger charge is 2.33. The van der Waals surface area contributed by atoms with Crippen LogP contribution in [0.3, 0.4) is 0 Å². The first-order chi connectivity index (χ1) is 13.4. The van der Waals surface area contributed by atoms with Crippen LogP contribution in [0.1, 0.15) is 16.7 Å². The molecule has 0 spiro atoms. The van der Waals surface area contributed by atoms with Gasteiger partial charge in [-0.3, -0.25) is 0 Å². The molecule has 9 heteroatoms. The Morgan fingerprint density at radius 1 is 0.966 bits per heavy atom. The molecule has 3 rings (SSSR count). The van der Waals surface area contributed by atoms with Gasteiger partial charge in [-0.15, -0.1) is 3.89 Å². The standard InChI is InChI=1S/C20H16F4N2O2S/c1-11-6-17(19(25)26-10-11)16-7-12(2)18(20(21,22)23)9-15(16)13-4-3-5-14(8-13)29(24,27)28/h3-10H,1-2H3,(H2,25,26). The molecule has 0 fully saturated rings. The average molecular weight is 424 g/mol. The van der Waals surface area contributed by atoms with Crippen LogP contribution in [0.25, 0.3) is 22.3 Å². The molecule has 0 radical (unpaired) electrons. The Hall–Kier alpha value is -2.94. The van der Waals surface area contributed by atoms with Crippen LogP contribution in [0.2, 0.25) is 0 Å². The van der Waals surface area contributed by atoms with Crippen LogP contribution in [0.5, 0.6) is 0 Å². The van der Waals surface area contributed by atoms with Gasteiger partial charge in [0.2, 0.25) is 0 Å². The summed E-state index contributed by atoms with van der Waals surface area (Å²) in [4.78, 5) is 3.40. The fraction of sp³-hybridized carbons (Fsp3) is 0.150. The summed E-state index contributed by atoms with van der Waals surface area (Å²) in [5, 5.41) is 0. The SMILES string of the molecule is Cc1cnc(N)c(-c2cc(C)c(C(F)(F)F)cc2-c2cccc(S(=O)(=O)F)c2)c1. The van der Waals surface area contributed by atoms with Crippen LogP contribution in [0.15, 0.2) is 53.6 Å². The first kappa shape index (κ1) is 20.8. The van der Waals surface area contributed by atoms with E-state index in [0.717, 1.165) is 23.8 Å². The number of aromatic nitrogens is 1. The molecule has 0 saturated heterocycles. The lowest BCUT2D eigenvalue weighted by Gasteiger charge is -2.18. The van der Waals surface area contributed by atoms with E-state index in [1.165, 1.54) is 31.3 Å². The van der Waals surface area contributed by atoms with Gasteiger partial charge in [0.25, 0.3) is 0 Å². The third kappa shape index (κ3) is 4.24. The Morgan fingerprint density at radius 3 is 2.28 bits per heavy atom. The van der Waals surface area contributed by atoms with Crippen molar-refractivity contribution >= 4 is 16.0 Å². The molecule has 0 amide bonds. The van der Waals surface area contributed by atoms with E-state index >= 15 is 0 Å². The predicted octanol–water partition coefficient (Wildman–Crippen LogP) is 5.29. The van der Waals surface area contributed by atoms with Crippen molar-refractivity contribution in [2.24, 2.45) is 0 Å². The van der Waals surface area contributed by atoms with Crippen molar-refractivity contribution in [2.45, 2.75) is 24.9 Å². The van der Waals surface area contributed by atoms with E-state index in [9.17, 15) is 25.5 Å². The van der Waals surface area contributed by atoms with Gasteiger partial charge in [0.1, 0.15) is 5.82 Å². The minimum Gasteiger partial charge on any atom is -0.383 e. The van der Waals surface area contributed by atoms with Crippen molar-refractivity contribution in [3.05, 3.63) is 65.4 Å². The number of benzene rings is 2. The summed E-state index contributed by atoms with van der Waals surface area (Å²) in [6.07, 6.45) is -3.11. The number of aryl methyl sites for hydroxylation is 2.